The molecule has 3 aromatic rings. The first-order valence-electron chi connectivity index (χ1n) is 8.90. The van der Waals surface area contributed by atoms with Crippen LogP contribution in [0.2, 0.25) is 0 Å². The predicted octanol–water partition coefficient (Wildman–Crippen LogP) is 1.97. The van der Waals surface area contributed by atoms with E-state index in [1.54, 1.807) is 6.20 Å². The van der Waals surface area contributed by atoms with Gasteiger partial charge in [0, 0.05) is 18.1 Å². The average Bonchev–Trinajstić information content (AvgIpc) is 3.30. The maximum absolute atomic E-state index is 12.2. The SMILES string of the molecule is O=C(NC[C@@H]1CCS(=O)(=O)C1)c1coc(COc2cccc3cccnc23)n1. The molecule has 2 aromatic heterocycles. The molecule has 1 fully saturated rings. The van der Waals surface area contributed by atoms with Crippen LogP contribution in [0.15, 0.2) is 47.2 Å². The molecule has 0 unspecified atom stereocenters. The van der Waals surface area contributed by atoms with Gasteiger partial charge in [0.25, 0.3) is 5.91 Å². The number of rotatable bonds is 6. The Balaban J connectivity index is 1.34. The van der Waals surface area contributed by atoms with E-state index in [1.807, 2.05) is 30.3 Å². The van der Waals surface area contributed by atoms with Crippen molar-refractivity contribution in [3.63, 3.8) is 0 Å². The molecule has 1 aliphatic heterocycles. The lowest BCUT2D eigenvalue weighted by Crippen LogP contribution is -2.30. The number of nitrogens with one attached hydrogen (secondary N) is 1. The smallest absolute Gasteiger partial charge is 0.273 e. The van der Waals surface area contributed by atoms with Gasteiger partial charge in [-0.15, -0.1) is 0 Å². The molecule has 0 radical (unpaired) electrons. The molecule has 9 heteroatoms. The van der Waals surface area contributed by atoms with E-state index in [4.69, 9.17) is 9.15 Å². The molecule has 0 aliphatic carbocycles. The van der Waals surface area contributed by atoms with Crippen LogP contribution in [0.1, 0.15) is 22.8 Å². The Morgan fingerprint density at radius 1 is 1.29 bits per heavy atom. The van der Waals surface area contributed by atoms with Crippen molar-refractivity contribution < 1.29 is 22.4 Å². The van der Waals surface area contributed by atoms with E-state index in [0.717, 1.165) is 10.9 Å². The molecule has 8 nitrogen and oxygen atoms in total. The second-order valence-electron chi connectivity index (χ2n) is 6.73. The molecule has 146 valence electrons. The third kappa shape index (κ3) is 4.14. The number of fused-ring (bicyclic) bond motifs is 1. The van der Waals surface area contributed by atoms with Crippen LogP contribution in [0.25, 0.3) is 10.9 Å². The van der Waals surface area contributed by atoms with Crippen LogP contribution >= 0.6 is 0 Å². The maximum Gasteiger partial charge on any atom is 0.273 e. The normalized spacial score (nSPS) is 18.2. The van der Waals surface area contributed by atoms with Gasteiger partial charge >= 0.3 is 0 Å². The fourth-order valence-electron chi connectivity index (χ4n) is 3.17. The van der Waals surface area contributed by atoms with Gasteiger partial charge in [-0.3, -0.25) is 9.78 Å². The van der Waals surface area contributed by atoms with Gasteiger partial charge in [0.05, 0.1) is 11.5 Å². The second-order valence-corrected chi connectivity index (χ2v) is 8.95. The van der Waals surface area contributed by atoms with Crippen LogP contribution in [-0.4, -0.2) is 42.3 Å². The molecule has 0 spiro atoms. The summed E-state index contributed by atoms with van der Waals surface area (Å²) in [5.41, 5.74) is 0.872. The molecule has 1 aromatic carbocycles. The molecule has 4 rings (SSSR count). The minimum atomic E-state index is -2.96. The van der Waals surface area contributed by atoms with Crippen LogP contribution in [0, 0.1) is 5.92 Å². The summed E-state index contributed by atoms with van der Waals surface area (Å²) in [6, 6.07) is 9.42. The number of sulfone groups is 1. The highest BCUT2D eigenvalue weighted by molar-refractivity contribution is 7.91. The lowest BCUT2D eigenvalue weighted by molar-refractivity contribution is 0.0943. The molecule has 1 amide bonds. The summed E-state index contributed by atoms with van der Waals surface area (Å²) in [5.74, 6) is 0.714. The van der Waals surface area contributed by atoms with E-state index < -0.39 is 15.7 Å². The number of amides is 1. The number of benzene rings is 1. The zero-order valence-electron chi connectivity index (χ0n) is 15.0. The molecule has 0 bridgehead atoms. The van der Waals surface area contributed by atoms with Gasteiger partial charge in [0.2, 0.25) is 5.89 Å². The number of para-hydroxylation sites is 1. The molecule has 1 aliphatic rings. The summed E-state index contributed by atoms with van der Waals surface area (Å²) in [6.45, 7) is 0.363. The monoisotopic (exact) mass is 401 g/mol. The Bertz CT molecular complexity index is 1100. The Kier molecular flexibility index (Phi) is 4.99. The number of hydrogen-bond donors (Lipinski definition) is 1. The molecule has 3 heterocycles. The fraction of sp³-hybridized carbons (Fsp3) is 0.316. The van der Waals surface area contributed by atoms with E-state index >= 15 is 0 Å². The number of hydrogen-bond acceptors (Lipinski definition) is 7. The molecule has 0 saturated carbocycles. The summed E-state index contributed by atoms with van der Waals surface area (Å²) in [6.07, 6.45) is 3.53. The number of carbonyl (C=O) groups is 1. The molecule has 1 atom stereocenters. The molecule has 1 saturated heterocycles. The quantitative estimate of drug-likeness (QED) is 0.672. The zero-order valence-corrected chi connectivity index (χ0v) is 15.8. The zero-order chi connectivity index (χ0) is 19.6. The summed E-state index contributed by atoms with van der Waals surface area (Å²) < 4.78 is 34.0. The first-order chi connectivity index (χ1) is 13.5. The van der Waals surface area contributed by atoms with E-state index in [2.05, 4.69) is 15.3 Å². The average molecular weight is 401 g/mol. The second kappa shape index (κ2) is 7.59. The third-order valence-corrected chi connectivity index (χ3v) is 6.45. The van der Waals surface area contributed by atoms with Crippen LogP contribution in [-0.2, 0) is 16.4 Å². The standard InChI is InChI=1S/C19H19N3O5S/c23-19(21-9-13-6-8-28(24,25)12-13)15-10-27-17(22-15)11-26-16-5-1-3-14-4-2-7-20-18(14)16/h1-5,7,10,13H,6,8-9,11-12H2,(H,21,23)/t13-/m0/s1. The number of pyridine rings is 1. The number of nitrogens with zero attached hydrogens (tertiary/aromatic N) is 2. The molecule has 1 N–H and O–H groups in total. The van der Waals surface area contributed by atoms with E-state index in [-0.39, 0.29) is 35.6 Å². The van der Waals surface area contributed by atoms with Crippen LogP contribution in [0.4, 0.5) is 0 Å². The first-order valence-corrected chi connectivity index (χ1v) is 10.7. The summed E-state index contributed by atoms with van der Waals surface area (Å²) >= 11 is 0. The van der Waals surface area contributed by atoms with Gasteiger partial charge in [-0.1, -0.05) is 18.2 Å². The van der Waals surface area contributed by atoms with E-state index in [9.17, 15) is 13.2 Å². The highest BCUT2D eigenvalue weighted by Crippen LogP contribution is 2.23. The largest absolute Gasteiger partial charge is 0.482 e. The minimum absolute atomic E-state index is 0.0532. The number of aromatic nitrogens is 2. The van der Waals surface area contributed by atoms with Crippen LogP contribution < -0.4 is 10.1 Å². The molecule has 28 heavy (non-hydrogen) atoms. The van der Waals surface area contributed by atoms with Crippen molar-refractivity contribution in [3.05, 3.63) is 54.4 Å². The van der Waals surface area contributed by atoms with Gasteiger partial charge in [-0.05, 0) is 24.5 Å². The predicted molar refractivity (Wildman–Crippen MR) is 102 cm³/mol. The summed E-state index contributed by atoms with van der Waals surface area (Å²) in [4.78, 5) is 20.6. The van der Waals surface area contributed by atoms with Crippen molar-refractivity contribution in [3.8, 4) is 5.75 Å². The topological polar surface area (TPSA) is 111 Å². The van der Waals surface area contributed by atoms with Crippen molar-refractivity contribution in [2.24, 2.45) is 5.92 Å². The fourth-order valence-corrected chi connectivity index (χ4v) is 5.04. The lowest BCUT2D eigenvalue weighted by Gasteiger charge is -2.08. The Morgan fingerprint density at radius 3 is 2.96 bits per heavy atom. The highest BCUT2D eigenvalue weighted by Gasteiger charge is 2.28. The third-order valence-electron chi connectivity index (χ3n) is 4.61. The number of oxazole rings is 1. The minimum Gasteiger partial charge on any atom is -0.482 e. The Hall–Kier alpha value is -2.94. The van der Waals surface area contributed by atoms with Crippen molar-refractivity contribution in [1.82, 2.24) is 15.3 Å². The highest BCUT2D eigenvalue weighted by atomic mass is 32.2. The Morgan fingerprint density at radius 2 is 2.14 bits per heavy atom. The van der Waals surface area contributed by atoms with Gasteiger partial charge in [0.1, 0.15) is 17.5 Å². The first kappa shape index (κ1) is 18.4. The Labute approximate surface area is 161 Å². The van der Waals surface area contributed by atoms with E-state index in [0.29, 0.717) is 18.7 Å². The lowest BCUT2D eigenvalue weighted by atomic mass is 10.1. The molecular formula is C19H19N3O5S. The maximum atomic E-state index is 12.2. The van der Waals surface area contributed by atoms with Gasteiger partial charge in [-0.25, -0.2) is 13.4 Å². The van der Waals surface area contributed by atoms with Gasteiger partial charge in [-0.2, -0.15) is 0 Å². The number of ether oxygens (including phenoxy) is 1. The van der Waals surface area contributed by atoms with E-state index in [1.165, 1.54) is 6.26 Å². The summed E-state index contributed by atoms with van der Waals surface area (Å²) in [5, 5.41) is 3.67. The van der Waals surface area contributed by atoms with Gasteiger partial charge in [0.15, 0.2) is 22.1 Å². The van der Waals surface area contributed by atoms with Crippen molar-refractivity contribution in [2.45, 2.75) is 13.0 Å². The number of carbonyl (C=O) groups excluding carboxylic acids is 1. The van der Waals surface area contributed by atoms with Crippen LogP contribution in [0.3, 0.4) is 0 Å². The molecular weight excluding hydrogens is 382 g/mol. The van der Waals surface area contributed by atoms with Crippen LogP contribution in [0.5, 0.6) is 5.75 Å². The van der Waals surface area contributed by atoms with Gasteiger partial charge < -0.3 is 14.5 Å². The summed E-state index contributed by atoms with van der Waals surface area (Å²) in [7, 11) is -2.96. The van der Waals surface area contributed by atoms with Crippen molar-refractivity contribution in [2.75, 3.05) is 18.1 Å². The van der Waals surface area contributed by atoms with Crippen molar-refractivity contribution in [1.29, 1.82) is 0 Å². The van der Waals surface area contributed by atoms with Crippen molar-refractivity contribution >= 4 is 26.6 Å².